The van der Waals surface area contributed by atoms with Crippen LogP contribution in [0.15, 0.2) is 36.4 Å². The first-order chi connectivity index (χ1) is 13.5. The van der Waals surface area contributed by atoms with Gasteiger partial charge in [0.2, 0.25) is 12.7 Å². The first-order valence-electron chi connectivity index (χ1n) is 8.70. The van der Waals surface area contributed by atoms with Crippen LogP contribution in [0.5, 0.6) is 23.0 Å². The lowest BCUT2D eigenvalue weighted by molar-refractivity contribution is -0.130. The van der Waals surface area contributed by atoms with Gasteiger partial charge in [0, 0.05) is 20.0 Å². The molecule has 0 aromatic heterocycles. The van der Waals surface area contributed by atoms with Crippen molar-refractivity contribution in [2.24, 2.45) is 0 Å². The minimum Gasteiger partial charge on any atom is -0.493 e. The molecule has 1 aliphatic rings. The third-order valence-corrected chi connectivity index (χ3v) is 4.35. The van der Waals surface area contributed by atoms with E-state index in [0.29, 0.717) is 30.9 Å². The summed E-state index contributed by atoms with van der Waals surface area (Å²) in [7, 11) is 3.07. The molecule has 0 saturated heterocycles. The first kappa shape index (κ1) is 19.7. The summed E-state index contributed by atoms with van der Waals surface area (Å²) in [4.78, 5) is 14.0. The molecule has 0 N–H and O–H groups in total. The minimum atomic E-state index is -2.93. The number of carbonyl (C=O) groups excluding carboxylic acids is 1. The van der Waals surface area contributed by atoms with Crippen molar-refractivity contribution in [1.29, 1.82) is 0 Å². The van der Waals surface area contributed by atoms with Crippen LogP contribution in [0.25, 0.3) is 0 Å². The van der Waals surface area contributed by atoms with E-state index in [2.05, 4.69) is 4.74 Å². The number of methoxy groups -OCH3 is 1. The zero-order valence-electron chi connectivity index (χ0n) is 15.6. The number of halogens is 2. The Bertz CT molecular complexity index is 843. The number of benzene rings is 2. The Hall–Kier alpha value is -3.03. The number of carbonyl (C=O) groups is 1. The van der Waals surface area contributed by atoms with E-state index < -0.39 is 6.61 Å². The Balaban J connectivity index is 1.56. The fraction of sp³-hybridized carbons (Fsp3) is 0.350. The van der Waals surface area contributed by atoms with Crippen molar-refractivity contribution in [3.05, 3.63) is 47.5 Å². The van der Waals surface area contributed by atoms with Gasteiger partial charge in [0.25, 0.3) is 0 Å². The van der Waals surface area contributed by atoms with Gasteiger partial charge >= 0.3 is 6.61 Å². The summed E-state index contributed by atoms with van der Waals surface area (Å²) < 4.78 is 44.9. The lowest BCUT2D eigenvalue weighted by Gasteiger charge is -2.18. The third kappa shape index (κ3) is 4.82. The highest BCUT2D eigenvalue weighted by Crippen LogP contribution is 2.33. The highest BCUT2D eigenvalue weighted by atomic mass is 19.3. The molecule has 0 fully saturated rings. The van der Waals surface area contributed by atoms with Gasteiger partial charge in [-0.05, 0) is 41.8 Å². The van der Waals surface area contributed by atoms with Gasteiger partial charge in [0.15, 0.2) is 23.0 Å². The molecule has 6 nitrogen and oxygen atoms in total. The number of rotatable bonds is 8. The summed E-state index contributed by atoms with van der Waals surface area (Å²) in [6.07, 6.45) is 0.907. The second-order valence-electron chi connectivity index (χ2n) is 6.30. The molecule has 2 aromatic carbocycles. The molecule has 0 saturated carbocycles. The maximum absolute atomic E-state index is 12.4. The van der Waals surface area contributed by atoms with Gasteiger partial charge in [-0.15, -0.1) is 0 Å². The van der Waals surface area contributed by atoms with Gasteiger partial charge in [0.1, 0.15) is 0 Å². The summed E-state index contributed by atoms with van der Waals surface area (Å²) in [6, 6.07) is 10.2. The molecular formula is C20H21F2NO5. The summed E-state index contributed by atoms with van der Waals surface area (Å²) in [5.74, 6) is 1.51. The van der Waals surface area contributed by atoms with E-state index >= 15 is 0 Å². The van der Waals surface area contributed by atoms with Crippen LogP contribution in [-0.4, -0.2) is 38.4 Å². The Morgan fingerprint density at radius 2 is 1.86 bits per heavy atom. The van der Waals surface area contributed by atoms with Crippen LogP contribution in [0.1, 0.15) is 17.5 Å². The fourth-order valence-electron chi connectivity index (χ4n) is 2.90. The first-order valence-corrected chi connectivity index (χ1v) is 8.70. The van der Waals surface area contributed by atoms with Crippen LogP contribution < -0.4 is 18.9 Å². The van der Waals surface area contributed by atoms with Crippen LogP contribution in [0.4, 0.5) is 8.78 Å². The maximum atomic E-state index is 12.4. The normalized spacial score (nSPS) is 12.2. The molecule has 0 aliphatic carbocycles. The summed E-state index contributed by atoms with van der Waals surface area (Å²) in [5, 5.41) is 0. The fourth-order valence-corrected chi connectivity index (χ4v) is 2.90. The van der Waals surface area contributed by atoms with Gasteiger partial charge in [-0.3, -0.25) is 4.79 Å². The molecule has 8 heteroatoms. The van der Waals surface area contributed by atoms with E-state index in [9.17, 15) is 13.6 Å². The molecular weight excluding hydrogens is 372 g/mol. The number of hydrogen-bond donors (Lipinski definition) is 0. The number of hydrogen-bond acceptors (Lipinski definition) is 5. The minimum absolute atomic E-state index is 0.0375. The number of nitrogens with zero attached hydrogens (tertiary/aromatic N) is 1. The van der Waals surface area contributed by atoms with E-state index in [0.717, 1.165) is 11.1 Å². The number of fused-ring (bicyclic) bond motifs is 1. The molecule has 28 heavy (non-hydrogen) atoms. The lowest BCUT2D eigenvalue weighted by atomic mass is 10.1. The highest BCUT2D eigenvalue weighted by molar-refractivity contribution is 5.76. The van der Waals surface area contributed by atoms with Crippen molar-refractivity contribution < 1.29 is 32.5 Å². The van der Waals surface area contributed by atoms with E-state index in [1.807, 2.05) is 18.2 Å². The quantitative estimate of drug-likeness (QED) is 0.686. The van der Waals surface area contributed by atoms with E-state index in [1.165, 1.54) is 13.2 Å². The number of alkyl halides is 2. The Morgan fingerprint density at radius 1 is 1.11 bits per heavy atom. The molecule has 0 spiro atoms. The van der Waals surface area contributed by atoms with Crippen molar-refractivity contribution in [3.8, 4) is 23.0 Å². The van der Waals surface area contributed by atoms with Gasteiger partial charge in [0.05, 0.1) is 7.11 Å². The summed E-state index contributed by atoms with van der Waals surface area (Å²) >= 11 is 0. The predicted molar refractivity (Wildman–Crippen MR) is 97.0 cm³/mol. The molecule has 1 aliphatic heterocycles. The number of amides is 1. The Kier molecular flexibility index (Phi) is 6.18. The topological polar surface area (TPSA) is 57.2 Å². The average molecular weight is 393 g/mol. The van der Waals surface area contributed by atoms with Gasteiger partial charge in [-0.25, -0.2) is 0 Å². The summed E-state index contributed by atoms with van der Waals surface area (Å²) in [5.41, 5.74) is 1.73. The second kappa shape index (κ2) is 8.77. The van der Waals surface area contributed by atoms with E-state index in [4.69, 9.17) is 14.2 Å². The largest absolute Gasteiger partial charge is 0.493 e. The smallest absolute Gasteiger partial charge is 0.387 e. The Labute approximate surface area is 161 Å². The van der Waals surface area contributed by atoms with Crippen molar-refractivity contribution in [1.82, 2.24) is 4.90 Å². The zero-order valence-corrected chi connectivity index (χ0v) is 15.6. The molecule has 3 rings (SSSR count). The van der Waals surface area contributed by atoms with Gasteiger partial charge < -0.3 is 23.8 Å². The van der Waals surface area contributed by atoms with Gasteiger partial charge in [-0.2, -0.15) is 8.78 Å². The number of aryl methyl sites for hydroxylation is 1. The molecule has 2 aromatic rings. The molecule has 1 heterocycles. The van der Waals surface area contributed by atoms with Gasteiger partial charge in [-0.1, -0.05) is 12.1 Å². The van der Waals surface area contributed by atoms with E-state index in [1.54, 1.807) is 24.1 Å². The van der Waals surface area contributed by atoms with Crippen molar-refractivity contribution >= 4 is 5.91 Å². The van der Waals surface area contributed by atoms with Crippen LogP contribution in [0, 0.1) is 0 Å². The zero-order chi connectivity index (χ0) is 20.1. The highest BCUT2D eigenvalue weighted by Gasteiger charge is 2.16. The van der Waals surface area contributed by atoms with Crippen LogP contribution in [0.2, 0.25) is 0 Å². The molecule has 0 radical (unpaired) electrons. The monoisotopic (exact) mass is 393 g/mol. The van der Waals surface area contributed by atoms with Crippen LogP contribution >= 0.6 is 0 Å². The molecule has 0 bridgehead atoms. The maximum Gasteiger partial charge on any atom is 0.387 e. The molecule has 150 valence electrons. The van der Waals surface area contributed by atoms with Crippen LogP contribution in [-0.2, 0) is 17.8 Å². The standard InChI is InChI=1S/C20H21F2NO5/c1-23(11-14-4-7-16(28-20(21)22)17(10-14)25-2)19(24)8-5-13-3-6-15-18(9-13)27-12-26-15/h3-4,6-7,9-10,20H,5,8,11-12H2,1-2H3. The van der Waals surface area contributed by atoms with Crippen molar-refractivity contribution in [2.45, 2.75) is 26.0 Å². The lowest BCUT2D eigenvalue weighted by Crippen LogP contribution is -2.26. The third-order valence-electron chi connectivity index (χ3n) is 4.35. The van der Waals surface area contributed by atoms with Crippen LogP contribution in [0.3, 0.4) is 0 Å². The Morgan fingerprint density at radius 3 is 2.61 bits per heavy atom. The van der Waals surface area contributed by atoms with E-state index in [-0.39, 0.29) is 24.2 Å². The second-order valence-corrected chi connectivity index (χ2v) is 6.30. The molecule has 0 atom stereocenters. The number of ether oxygens (including phenoxy) is 4. The molecule has 0 unspecified atom stereocenters. The summed E-state index contributed by atoms with van der Waals surface area (Å²) in [6.45, 7) is -2.39. The van der Waals surface area contributed by atoms with Crippen molar-refractivity contribution in [2.75, 3.05) is 21.0 Å². The predicted octanol–water partition coefficient (Wildman–Crippen LogP) is 3.62. The SMILES string of the molecule is COc1cc(CN(C)C(=O)CCc2ccc3c(c2)OCO3)ccc1OC(F)F. The molecule has 1 amide bonds. The average Bonchev–Trinajstić information content (AvgIpc) is 3.14. The van der Waals surface area contributed by atoms with Crippen molar-refractivity contribution in [3.63, 3.8) is 0 Å².